The van der Waals surface area contributed by atoms with E-state index in [4.69, 9.17) is 11.6 Å². The van der Waals surface area contributed by atoms with Gasteiger partial charge in [0.15, 0.2) is 5.15 Å². The number of hydrogen-bond donors (Lipinski definition) is 1. The first-order valence-electron chi connectivity index (χ1n) is 3.37. The van der Waals surface area contributed by atoms with E-state index in [9.17, 15) is 0 Å². The summed E-state index contributed by atoms with van der Waals surface area (Å²) in [4.78, 5) is 7.05. The molecule has 2 aromatic heterocycles. The van der Waals surface area contributed by atoms with Crippen molar-refractivity contribution in [2.75, 3.05) is 0 Å². The number of rotatable bonds is 0. The molecular formula is C8H7ClN2. The van der Waals surface area contributed by atoms with Gasteiger partial charge in [0.25, 0.3) is 0 Å². The van der Waals surface area contributed by atoms with E-state index in [2.05, 4.69) is 9.97 Å². The largest absolute Gasteiger partial charge is 0.359 e. The van der Waals surface area contributed by atoms with Gasteiger partial charge in [0.2, 0.25) is 0 Å². The number of H-pyrrole nitrogens is 1. The van der Waals surface area contributed by atoms with Gasteiger partial charge in [-0.05, 0) is 18.6 Å². The van der Waals surface area contributed by atoms with Crippen LogP contribution < -0.4 is 0 Å². The summed E-state index contributed by atoms with van der Waals surface area (Å²) in [5.41, 5.74) is 2.07. The smallest absolute Gasteiger partial charge is 0.153 e. The van der Waals surface area contributed by atoms with Gasteiger partial charge in [-0.2, -0.15) is 0 Å². The topological polar surface area (TPSA) is 28.7 Å². The lowest BCUT2D eigenvalue weighted by Crippen LogP contribution is -1.80. The number of nitrogens with zero attached hydrogens (tertiary/aromatic N) is 1. The van der Waals surface area contributed by atoms with Gasteiger partial charge in [-0.25, -0.2) is 4.98 Å². The summed E-state index contributed by atoms with van der Waals surface area (Å²) in [6, 6.07) is 2.00. The van der Waals surface area contributed by atoms with E-state index in [1.54, 1.807) is 6.20 Å². The second-order valence-electron chi connectivity index (χ2n) is 2.50. The van der Waals surface area contributed by atoms with Gasteiger partial charge >= 0.3 is 0 Å². The molecule has 0 atom stereocenters. The maximum absolute atomic E-state index is 5.83. The monoisotopic (exact) mass is 166 g/mol. The Morgan fingerprint density at radius 1 is 1.55 bits per heavy atom. The number of hydrogen-bond acceptors (Lipinski definition) is 1. The number of aromatic amines is 1. The summed E-state index contributed by atoms with van der Waals surface area (Å²) in [5, 5.41) is 1.68. The highest BCUT2D eigenvalue weighted by atomic mass is 35.5. The van der Waals surface area contributed by atoms with Gasteiger partial charge in [-0.1, -0.05) is 11.6 Å². The van der Waals surface area contributed by atoms with Crippen molar-refractivity contribution in [3.63, 3.8) is 0 Å². The van der Waals surface area contributed by atoms with Crippen molar-refractivity contribution in [3.05, 3.63) is 29.2 Å². The zero-order valence-electron chi connectivity index (χ0n) is 6.06. The van der Waals surface area contributed by atoms with Crippen LogP contribution >= 0.6 is 11.6 Å². The Hall–Kier alpha value is -1.02. The first-order chi connectivity index (χ1) is 5.29. The van der Waals surface area contributed by atoms with Crippen LogP contribution in [0.1, 0.15) is 5.56 Å². The summed E-state index contributed by atoms with van der Waals surface area (Å²) < 4.78 is 0. The van der Waals surface area contributed by atoms with Crippen molar-refractivity contribution in [3.8, 4) is 0 Å². The van der Waals surface area contributed by atoms with Gasteiger partial charge < -0.3 is 4.98 Å². The van der Waals surface area contributed by atoms with Crippen molar-refractivity contribution < 1.29 is 0 Å². The van der Waals surface area contributed by atoms with Crippen LogP contribution in [0, 0.1) is 6.92 Å². The van der Waals surface area contributed by atoms with E-state index in [-0.39, 0.29) is 0 Å². The van der Waals surface area contributed by atoms with Crippen molar-refractivity contribution in [1.29, 1.82) is 0 Å². The minimum atomic E-state index is 0.538. The molecule has 2 nitrogen and oxygen atoms in total. The third-order valence-electron chi connectivity index (χ3n) is 1.75. The molecule has 0 aliphatic carbocycles. The van der Waals surface area contributed by atoms with Crippen LogP contribution in [-0.4, -0.2) is 9.97 Å². The Kier molecular flexibility index (Phi) is 1.36. The van der Waals surface area contributed by atoms with Crippen LogP contribution in [0.3, 0.4) is 0 Å². The number of halogens is 1. The predicted molar refractivity (Wildman–Crippen MR) is 45.8 cm³/mol. The lowest BCUT2D eigenvalue weighted by atomic mass is 10.2. The molecule has 0 saturated carbocycles. The maximum Gasteiger partial charge on any atom is 0.153 e. The van der Waals surface area contributed by atoms with Crippen LogP contribution in [0.15, 0.2) is 18.5 Å². The molecule has 0 aliphatic heterocycles. The Labute approximate surface area is 69.2 Å². The Morgan fingerprint density at radius 3 is 3.09 bits per heavy atom. The quantitative estimate of drug-likeness (QED) is 0.599. The molecule has 0 unspecified atom stereocenters. The van der Waals surface area contributed by atoms with Gasteiger partial charge in [0.1, 0.15) is 0 Å². The van der Waals surface area contributed by atoms with Gasteiger partial charge in [0.05, 0.1) is 5.52 Å². The first-order valence-corrected chi connectivity index (χ1v) is 3.75. The average Bonchev–Trinajstić information content (AvgIpc) is 2.45. The standard InChI is InChI=1S/C8H7ClN2/c1-5-4-11-8(9)7-6(5)2-3-10-7/h2-4,10H,1H3. The predicted octanol–water partition coefficient (Wildman–Crippen LogP) is 2.52. The molecule has 56 valence electrons. The Bertz CT molecular complexity index is 356. The second kappa shape index (κ2) is 2.24. The highest BCUT2D eigenvalue weighted by Gasteiger charge is 2.02. The van der Waals surface area contributed by atoms with Crippen molar-refractivity contribution in [2.24, 2.45) is 0 Å². The molecule has 2 rings (SSSR count). The second-order valence-corrected chi connectivity index (χ2v) is 2.86. The molecular weight excluding hydrogens is 160 g/mol. The molecule has 2 heterocycles. The number of pyridine rings is 1. The molecule has 11 heavy (non-hydrogen) atoms. The normalized spacial score (nSPS) is 10.7. The van der Waals surface area contributed by atoms with Crippen LogP contribution in [0.25, 0.3) is 10.9 Å². The Balaban J connectivity index is 2.96. The van der Waals surface area contributed by atoms with Crippen LogP contribution in [-0.2, 0) is 0 Å². The summed E-state index contributed by atoms with van der Waals surface area (Å²) >= 11 is 5.83. The molecule has 0 aromatic carbocycles. The molecule has 0 fully saturated rings. The molecule has 2 aromatic rings. The maximum atomic E-state index is 5.83. The highest BCUT2D eigenvalue weighted by Crippen LogP contribution is 2.21. The average molecular weight is 167 g/mol. The fourth-order valence-electron chi connectivity index (χ4n) is 1.16. The first kappa shape index (κ1) is 6.68. The zero-order valence-corrected chi connectivity index (χ0v) is 6.81. The molecule has 3 heteroatoms. The van der Waals surface area contributed by atoms with Crippen molar-refractivity contribution >= 4 is 22.5 Å². The Morgan fingerprint density at radius 2 is 2.36 bits per heavy atom. The highest BCUT2D eigenvalue weighted by molar-refractivity contribution is 6.33. The number of nitrogens with one attached hydrogen (secondary N) is 1. The molecule has 0 saturated heterocycles. The van der Waals surface area contributed by atoms with Crippen LogP contribution in [0.5, 0.6) is 0 Å². The fraction of sp³-hybridized carbons (Fsp3) is 0.125. The molecule has 0 spiro atoms. The van der Waals surface area contributed by atoms with Gasteiger partial charge in [0, 0.05) is 17.8 Å². The molecule has 0 radical (unpaired) electrons. The lowest BCUT2D eigenvalue weighted by molar-refractivity contribution is 1.29. The van der Waals surface area contributed by atoms with E-state index < -0.39 is 0 Å². The van der Waals surface area contributed by atoms with E-state index in [0.29, 0.717) is 5.15 Å². The number of fused-ring (bicyclic) bond motifs is 1. The van der Waals surface area contributed by atoms with Gasteiger partial charge in [-0.3, -0.25) is 0 Å². The van der Waals surface area contributed by atoms with E-state index >= 15 is 0 Å². The van der Waals surface area contributed by atoms with Crippen LogP contribution in [0.4, 0.5) is 0 Å². The number of aryl methyl sites for hydroxylation is 1. The van der Waals surface area contributed by atoms with E-state index in [1.165, 1.54) is 0 Å². The lowest BCUT2D eigenvalue weighted by Gasteiger charge is -1.95. The van der Waals surface area contributed by atoms with Gasteiger partial charge in [-0.15, -0.1) is 0 Å². The fourth-order valence-corrected chi connectivity index (χ4v) is 1.36. The summed E-state index contributed by atoms with van der Waals surface area (Å²) in [6.07, 6.45) is 3.64. The third-order valence-corrected chi connectivity index (χ3v) is 2.04. The molecule has 0 aliphatic rings. The van der Waals surface area contributed by atoms with Crippen LogP contribution in [0.2, 0.25) is 5.15 Å². The number of aromatic nitrogens is 2. The minimum Gasteiger partial charge on any atom is -0.359 e. The zero-order chi connectivity index (χ0) is 7.84. The summed E-state index contributed by atoms with van der Waals surface area (Å²) in [7, 11) is 0. The summed E-state index contributed by atoms with van der Waals surface area (Å²) in [6.45, 7) is 2.01. The SMILES string of the molecule is Cc1cnc(Cl)c2[nH]ccc12. The summed E-state index contributed by atoms with van der Waals surface area (Å²) in [5.74, 6) is 0. The third kappa shape index (κ3) is 0.906. The molecule has 0 amide bonds. The molecule has 1 N–H and O–H groups in total. The van der Waals surface area contributed by atoms with E-state index in [1.807, 2.05) is 19.2 Å². The van der Waals surface area contributed by atoms with Crippen molar-refractivity contribution in [1.82, 2.24) is 9.97 Å². The van der Waals surface area contributed by atoms with Crippen molar-refractivity contribution in [2.45, 2.75) is 6.92 Å². The minimum absolute atomic E-state index is 0.538. The molecule has 0 bridgehead atoms. The van der Waals surface area contributed by atoms with E-state index in [0.717, 1.165) is 16.5 Å².